The Hall–Kier alpha value is -2.04. The topological polar surface area (TPSA) is 41.9 Å². The molecule has 3 aromatic rings. The van der Waals surface area contributed by atoms with Crippen molar-refractivity contribution in [3.8, 4) is 0 Å². The lowest BCUT2D eigenvalue weighted by Crippen LogP contribution is -2.31. The van der Waals surface area contributed by atoms with Gasteiger partial charge in [0.2, 0.25) is 0 Å². The first kappa shape index (κ1) is 17.4. The number of aryl methyl sites for hydroxylation is 2. The number of pyridine rings is 1. The average molecular weight is 367 g/mol. The predicted octanol–water partition coefficient (Wildman–Crippen LogP) is 4.50. The molecule has 0 spiro atoms. The molecule has 3 heterocycles. The van der Waals surface area contributed by atoms with Gasteiger partial charge in [0.05, 0.1) is 5.52 Å². The van der Waals surface area contributed by atoms with Crippen LogP contribution in [0.25, 0.3) is 10.9 Å². The molecule has 4 rings (SSSR count). The molecule has 26 heavy (non-hydrogen) atoms. The third kappa shape index (κ3) is 3.44. The first-order valence-corrected chi connectivity index (χ1v) is 9.62. The Kier molecular flexibility index (Phi) is 4.88. The van der Waals surface area contributed by atoms with Crippen LogP contribution in [0, 0.1) is 6.92 Å². The predicted molar refractivity (Wildman–Crippen MR) is 105 cm³/mol. The summed E-state index contributed by atoms with van der Waals surface area (Å²) in [5.41, 5.74) is 5.66. The molecule has 0 bridgehead atoms. The minimum atomic E-state index is 0.604. The Bertz CT molecular complexity index is 954. The van der Waals surface area contributed by atoms with Gasteiger partial charge in [-0.25, -0.2) is 15.0 Å². The van der Waals surface area contributed by atoms with Crippen molar-refractivity contribution in [3.05, 3.63) is 63.8 Å². The largest absolute Gasteiger partial charge is 0.294 e. The molecule has 2 aromatic heterocycles. The normalized spacial score (nSPS) is 14.6. The van der Waals surface area contributed by atoms with Crippen molar-refractivity contribution in [3.63, 3.8) is 0 Å². The van der Waals surface area contributed by atoms with E-state index in [4.69, 9.17) is 16.6 Å². The van der Waals surface area contributed by atoms with Gasteiger partial charge in [0, 0.05) is 60.9 Å². The van der Waals surface area contributed by atoms with Crippen molar-refractivity contribution in [2.75, 3.05) is 6.54 Å². The van der Waals surface area contributed by atoms with Crippen LogP contribution in [0.5, 0.6) is 0 Å². The van der Waals surface area contributed by atoms with E-state index in [0.717, 1.165) is 66.8 Å². The Morgan fingerprint density at radius 1 is 1.23 bits per heavy atom. The monoisotopic (exact) mass is 366 g/mol. The number of rotatable bonds is 4. The van der Waals surface area contributed by atoms with Crippen molar-refractivity contribution in [2.45, 2.75) is 46.2 Å². The Balaban J connectivity index is 1.55. The van der Waals surface area contributed by atoms with Gasteiger partial charge in [0.1, 0.15) is 11.0 Å². The molecule has 0 N–H and O–H groups in total. The van der Waals surface area contributed by atoms with E-state index < -0.39 is 0 Å². The zero-order valence-corrected chi connectivity index (χ0v) is 16.1. The number of hydrogen-bond donors (Lipinski definition) is 0. The fourth-order valence-corrected chi connectivity index (χ4v) is 3.81. The standard InChI is InChI=1S/C21H23ClN4/c1-3-5-19-23-11-17-13-26(9-8-18(17)24-19)12-16-10-15-7-4-6-14(2)20(15)25-21(16)22/h4,6-7,10-11H,3,5,8-9,12-13H2,1-2H3. The molecule has 134 valence electrons. The summed E-state index contributed by atoms with van der Waals surface area (Å²) in [5, 5.41) is 1.75. The van der Waals surface area contributed by atoms with E-state index in [1.165, 1.54) is 11.3 Å². The summed E-state index contributed by atoms with van der Waals surface area (Å²) < 4.78 is 0. The summed E-state index contributed by atoms with van der Waals surface area (Å²) >= 11 is 6.49. The first-order valence-electron chi connectivity index (χ1n) is 9.25. The quantitative estimate of drug-likeness (QED) is 0.637. The molecule has 0 atom stereocenters. The van der Waals surface area contributed by atoms with Gasteiger partial charge in [-0.15, -0.1) is 0 Å². The van der Waals surface area contributed by atoms with Crippen molar-refractivity contribution < 1.29 is 0 Å². The van der Waals surface area contributed by atoms with E-state index in [1.807, 2.05) is 6.20 Å². The Morgan fingerprint density at radius 2 is 2.12 bits per heavy atom. The van der Waals surface area contributed by atoms with Gasteiger partial charge in [-0.3, -0.25) is 4.90 Å². The van der Waals surface area contributed by atoms with E-state index in [2.05, 4.69) is 53.0 Å². The lowest BCUT2D eigenvalue weighted by molar-refractivity contribution is 0.242. The van der Waals surface area contributed by atoms with Gasteiger partial charge in [-0.2, -0.15) is 0 Å². The minimum absolute atomic E-state index is 0.604. The molecule has 0 amide bonds. The van der Waals surface area contributed by atoms with Crippen LogP contribution in [0.2, 0.25) is 5.15 Å². The molecule has 5 heteroatoms. The number of aromatic nitrogens is 3. The van der Waals surface area contributed by atoms with Crippen LogP contribution >= 0.6 is 11.6 Å². The summed E-state index contributed by atoms with van der Waals surface area (Å²) in [6.07, 6.45) is 5.00. The maximum absolute atomic E-state index is 6.49. The molecular weight excluding hydrogens is 344 g/mol. The molecule has 1 aromatic carbocycles. The molecule has 0 aliphatic carbocycles. The van der Waals surface area contributed by atoms with Crippen LogP contribution < -0.4 is 0 Å². The Morgan fingerprint density at radius 3 is 2.96 bits per heavy atom. The lowest BCUT2D eigenvalue weighted by atomic mass is 10.1. The molecule has 1 aliphatic rings. The maximum Gasteiger partial charge on any atom is 0.134 e. The van der Waals surface area contributed by atoms with Gasteiger partial charge in [-0.05, 0) is 25.0 Å². The molecule has 0 unspecified atom stereocenters. The van der Waals surface area contributed by atoms with E-state index >= 15 is 0 Å². The van der Waals surface area contributed by atoms with Crippen LogP contribution in [0.4, 0.5) is 0 Å². The van der Waals surface area contributed by atoms with Crippen LogP contribution in [-0.2, 0) is 25.9 Å². The Labute approximate surface area is 159 Å². The van der Waals surface area contributed by atoms with E-state index in [9.17, 15) is 0 Å². The third-order valence-corrected chi connectivity index (χ3v) is 5.33. The van der Waals surface area contributed by atoms with Crippen LogP contribution in [-0.4, -0.2) is 26.4 Å². The summed E-state index contributed by atoms with van der Waals surface area (Å²) in [5.74, 6) is 0.969. The van der Waals surface area contributed by atoms with Gasteiger partial charge in [-0.1, -0.05) is 36.7 Å². The molecule has 0 saturated carbocycles. The number of halogens is 1. The third-order valence-electron chi connectivity index (χ3n) is 5.00. The van der Waals surface area contributed by atoms with Crippen LogP contribution in [0.15, 0.2) is 30.5 Å². The molecule has 1 aliphatic heterocycles. The van der Waals surface area contributed by atoms with Gasteiger partial charge < -0.3 is 0 Å². The summed E-state index contributed by atoms with van der Waals surface area (Å²) in [6, 6.07) is 8.41. The van der Waals surface area contributed by atoms with E-state index in [-0.39, 0.29) is 0 Å². The highest BCUT2D eigenvalue weighted by Gasteiger charge is 2.20. The smallest absolute Gasteiger partial charge is 0.134 e. The van der Waals surface area contributed by atoms with Crippen molar-refractivity contribution in [2.24, 2.45) is 0 Å². The van der Waals surface area contributed by atoms with Crippen LogP contribution in [0.3, 0.4) is 0 Å². The summed E-state index contributed by atoms with van der Waals surface area (Å²) in [4.78, 5) is 16.3. The van der Waals surface area contributed by atoms with Crippen molar-refractivity contribution in [1.29, 1.82) is 0 Å². The molecule has 4 nitrogen and oxygen atoms in total. The highest BCUT2D eigenvalue weighted by molar-refractivity contribution is 6.30. The van der Waals surface area contributed by atoms with Crippen LogP contribution in [0.1, 0.15) is 41.6 Å². The zero-order valence-electron chi connectivity index (χ0n) is 15.3. The zero-order chi connectivity index (χ0) is 18.1. The SMILES string of the molecule is CCCc1ncc2c(n1)CCN(Cc1cc3cccc(C)c3nc1Cl)C2. The number of para-hydroxylation sites is 1. The number of fused-ring (bicyclic) bond motifs is 2. The number of benzene rings is 1. The number of nitrogens with zero attached hydrogens (tertiary/aromatic N) is 4. The fourth-order valence-electron chi connectivity index (χ4n) is 3.61. The van der Waals surface area contributed by atoms with Gasteiger partial charge in [0.15, 0.2) is 0 Å². The highest BCUT2D eigenvalue weighted by Crippen LogP contribution is 2.26. The van der Waals surface area contributed by atoms with Gasteiger partial charge in [0.25, 0.3) is 0 Å². The second kappa shape index (κ2) is 7.29. The van der Waals surface area contributed by atoms with E-state index in [1.54, 1.807) is 0 Å². The van der Waals surface area contributed by atoms with E-state index in [0.29, 0.717) is 5.15 Å². The second-order valence-corrected chi connectivity index (χ2v) is 7.41. The summed E-state index contributed by atoms with van der Waals surface area (Å²) in [6.45, 7) is 6.88. The lowest BCUT2D eigenvalue weighted by Gasteiger charge is -2.28. The molecule has 0 fully saturated rings. The second-order valence-electron chi connectivity index (χ2n) is 7.05. The molecular formula is C21H23ClN4. The first-order chi connectivity index (χ1) is 12.6. The molecule has 0 saturated heterocycles. The van der Waals surface area contributed by atoms with Crippen molar-refractivity contribution >= 4 is 22.5 Å². The molecule has 0 radical (unpaired) electrons. The summed E-state index contributed by atoms with van der Waals surface area (Å²) in [7, 11) is 0. The van der Waals surface area contributed by atoms with Crippen molar-refractivity contribution in [1.82, 2.24) is 19.9 Å². The highest BCUT2D eigenvalue weighted by atomic mass is 35.5. The number of hydrogen-bond acceptors (Lipinski definition) is 4. The van der Waals surface area contributed by atoms with Gasteiger partial charge >= 0.3 is 0 Å². The fraction of sp³-hybridized carbons (Fsp3) is 0.381. The average Bonchev–Trinajstić information content (AvgIpc) is 2.64. The maximum atomic E-state index is 6.49. The minimum Gasteiger partial charge on any atom is -0.294 e.